The molecule has 0 atom stereocenters. The second-order valence-corrected chi connectivity index (χ2v) is 5.21. The van der Waals surface area contributed by atoms with E-state index in [1.54, 1.807) is 25.3 Å². The van der Waals surface area contributed by atoms with Crippen LogP contribution in [0.15, 0.2) is 22.7 Å². The molecule has 1 amide bonds. The second-order valence-electron chi connectivity index (χ2n) is 5.21. The largest absolute Gasteiger partial charge is 0.495 e. The van der Waals surface area contributed by atoms with Gasteiger partial charge in [0.2, 0.25) is 11.8 Å². The molecule has 0 bridgehead atoms. The third-order valence-corrected chi connectivity index (χ3v) is 3.08. The lowest BCUT2D eigenvalue weighted by Gasteiger charge is -2.08. The highest BCUT2D eigenvalue weighted by molar-refractivity contribution is 5.91. The van der Waals surface area contributed by atoms with Gasteiger partial charge in [-0.1, -0.05) is 19.0 Å². The van der Waals surface area contributed by atoms with Gasteiger partial charge >= 0.3 is 0 Å². The van der Waals surface area contributed by atoms with Gasteiger partial charge in [-0.15, -0.1) is 0 Å². The van der Waals surface area contributed by atoms with E-state index in [4.69, 9.17) is 15.0 Å². The van der Waals surface area contributed by atoms with Crippen LogP contribution >= 0.6 is 0 Å². The summed E-state index contributed by atoms with van der Waals surface area (Å²) in [5, 5.41) is 6.63. The fourth-order valence-electron chi connectivity index (χ4n) is 1.86. The lowest BCUT2D eigenvalue weighted by atomic mass is 10.2. The Morgan fingerprint density at radius 2 is 2.23 bits per heavy atom. The number of nitrogens with one attached hydrogen (secondary N) is 1. The van der Waals surface area contributed by atoms with E-state index in [1.165, 1.54) is 0 Å². The molecule has 0 aliphatic carbocycles. The van der Waals surface area contributed by atoms with Gasteiger partial charge in [0.15, 0.2) is 5.82 Å². The minimum atomic E-state index is -0.145. The van der Waals surface area contributed by atoms with Crippen molar-refractivity contribution < 1.29 is 14.1 Å². The normalized spacial score (nSPS) is 10.7. The van der Waals surface area contributed by atoms with Gasteiger partial charge in [0, 0.05) is 24.4 Å². The predicted octanol–water partition coefficient (Wildman–Crippen LogP) is 2.36. The van der Waals surface area contributed by atoms with Crippen molar-refractivity contribution in [2.45, 2.75) is 32.6 Å². The third kappa shape index (κ3) is 3.97. The van der Waals surface area contributed by atoms with E-state index in [0.29, 0.717) is 35.3 Å². The highest BCUT2D eigenvalue weighted by Gasteiger charge is 2.12. The molecule has 2 rings (SSSR count). The minimum Gasteiger partial charge on any atom is -0.495 e. The molecule has 1 heterocycles. The number of nitrogens with two attached hydrogens (primary N) is 1. The molecular formula is C15H20N4O3. The van der Waals surface area contributed by atoms with Gasteiger partial charge in [-0.25, -0.2) is 0 Å². The van der Waals surface area contributed by atoms with Crippen LogP contribution < -0.4 is 15.8 Å². The molecule has 0 aliphatic rings. The van der Waals surface area contributed by atoms with Gasteiger partial charge in [-0.3, -0.25) is 4.79 Å². The maximum Gasteiger partial charge on any atom is 0.227 e. The molecule has 3 N–H and O–H groups in total. The zero-order valence-electron chi connectivity index (χ0n) is 12.9. The van der Waals surface area contributed by atoms with Crippen molar-refractivity contribution in [1.82, 2.24) is 10.1 Å². The zero-order chi connectivity index (χ0) is 16.1. The summed E-state index contributed by atoms with van der Waals surface area (Å²) in [5.41, 5.74) is 6.89. The van der Waals surface area contributed by atoms with Crippen molar-refractivity contribution >= 4 is 17.3 Å². The van der Waals surface area contributed by atoms with Crippen LogP contribution in [0.1, 0.15) is 37.9 Å². The number of carbonyl (C=O) groups excluding carboxylic acids is 1. The number of aryl methyl sites for hydroxylation is 1. The summed E-state index contributed by atoms with van der Waals surface area (Å²) in [5.74, 6) is 1.75. The van der Waals surface area contributed by atoms with E-state index in [-0.39, 0.29) is 18.2 Å². The topological polar surface area (TPSA) is 103 Å². The number of carbonyl (C=O) groups is 1. The smallest absolute Gasteiger partial charge is 0.227 e. The number of methoxy groups -OCH3 is 1. The number of rotatable bonds is 6. The molecule has 118 valence electrons. The molecule has 0 saturated heterocycles. The summed E-state index contributed by atoms with van der Waals surface area (Å²) < 4.78 is 10.2. The number of aromatic nitrogens is 2. The van der Waals surface area contributed by atoms with E-state index in [9.17, 15) is 4.79 Å². The molecule has 7 heteroatoms. The molecule has 0 radical (unpaired) electrons. The summed E-state index contributed by atoms with van der Waals surface area (Å²) in [6, 6.07) is 5.09. The van der Waals surface area contributed by atoms with Crippen LogP contribution in [-0.2, 0) is 11.2 Å². The quantitative estimate of drug-likeness (QED) is 0.794. The van der Waals surface area contributed by atoms with Crippen LogP contribution in [0.2, 0.25) is 0 Å². The summed E-state index contributed by atoms with van der Waals surface area (Å²) in [6.45, 7) is 3.96. The van der Waals surface area contributed by atoms with E-state index in [2.05, 4.69) is 15.5 Å². The summed E-state index contributed by atoms with van der Waals surface area (Å²) in [6.07, 6.45) is 0.656. The summed E-state index contributed by atoms with van der Waals surface area (Å²) >= 11 is 0. The number of nitrogen functional groups attached to an aromatic ring is 1. The van der Waals surface area contributed by atoms with Crippen molar-refractivity contribution in [3.05, 3.63) is 29.9 Å². The molecule has 0 aliphatic heterocycles. The SMILES string of the molecule is COc1ccc(NC(=O)CCc2nc(C(C)C)no2)cc1N. The number of nitrogens with zero attached hydrogens (tertiary/aromatic N) is 2. The number of amides is 1. The maximum absolute atomic E-state index is 11.9. The van der Waals surface area contributed by atoms with E-state index < -0.39 is 0 Å². The molecule has 7 nitrogen and oxygen atoms in total. The lowest BCUT2D eigenvalue weighted by molar-refractivity contribution is -0.116. The first-order valence-corrected chi connectivity index (χ1v) is 7.05. The van der Waals surface area contributed by atoms with Crippen LogP contribution in [0, 0.1) is 0 Å². The standard InChI is InChI=1S/C15H20N4O3/c1-9(2)15-18-14(22-19-15)7-6-13(20)17-10-4-5-12(21-3)11(16)8-10/h4-5,8-9H,6-7,16H2,1-3H3,(H,17,20). The molecule has 0 saturated carbocycles. The molecule has 1 aromatic heterocycles. The number of benzene rings is 1. The summed E-state index contributed by atoms with van der Waals surface area (Å²) in [7, 11) is 1.54. The number of hydrogen-bond donors (Lipinski definition) is 2. The first-order chi connectivity index (χ1) is 10.5. The Balaban J connectivity index is 1.88. The molecule has 1 aromatic carbocycles. The number of anilines is 2. The van der Waals surface area contributed by atoms with Crippen molar-refractivity contribution in [3.63, 3.8) is 0 Å². The minimum absolute atomic E-state index is 0.145. The van der Waals surface area contributed by atoms with Crippen molar-refractivity contribution in [1.29, 1.82) is 0 Å². The lowest BCUT2D eigenvalue weighted by Crippen LogP contribution is -2.12. The van der Waals surface area contributed by atoms with Crippen LogP contribution in [0.25, 0.3) is 0 Å². The van der Waals surface area contributed by atoms with Crippen LogP contribution in [-0.4, -0.2) is 23.2 Å². The first kappa shape index (κ1) is 15.8. The molecule has 22 heavy (non-hydrogen) atoms. The third-order valence-electron chi connectivity index (χ3n) is 3.08. The predicted molar refractivity (Wildman–Crippen MR) is 82.7 cm³/mol. The fraction of sp³-hybridized carbons (Fsp3) is 0.400. The second kappa shape index (κ2) is 6.93. The average molecular weight is 304 g/mol. The highest BCUT2D eigenvalue weighted by atomic mass is 16.5. The Hall–Kier alpha value is -2.57. The van der Waals surface area contributed by atoms with E-state index in [1.807, 2.05) is 13.8 Å². The Bertz CT molecular complexity index is 652. The monoisotopic (exact) mass is 304 g/mol. The molecular weight excluding hydrogens is 284 g/mol. The molecule has 2 aromatic rings. The molecule has 0 fully saturated rings. The highest BCUT2D eigenvalue weighted by Crippen LogP contribution is 2.24. The van der Waals surface area contributed by atoms with Gasteiger partial charge in [0.05, 0.1) is 12.8 Å². The average Bonchev–Trinajstić information content (AvgIpc) is 2.94. The van der Waals surface area contributed by atoms with Crippen LogP contribution in [0.4, 0.5) is 11.4 Å². The van der Waals surface area contributed by atoms with Crippen molar-refractivity contribution in [2.75, 3.05) is 18.2 Å². The summed E-state index contributed by atoms with van der Waals surface area (Å²) in [4.78, 5) is 16.2. The first-order valence-electron chi connectivity index (χ1n) is 7.05. The van der Waals surface area contributed by atoms with Crippen LogP contribution in [0.5, 0.6) is 5.75 Å². The van der Waals surface area contributed by atoms with Gasteiger partial charge < -0.3 is 20.3 Å². The Morgan fingerprint density at radius 3 is 2.82 bits per heavy atom. The van der Waals surface area contributed by atoms with Gasteiger partial charge in [0.1, 0.15) is 5.75 Å². The zero-order valence-corrected chi connectivity index (χ0v) is 12.9. The Kier molecular flexibility index (Phi) is 4.98. The van der Waals surface area contributed by atoms with E-state index in [0.717, 1.165) is 0 Å². The van der Waals surface area contributed by atoms with Gasteiger partial charge in [-0.05, 0) is 18.2 Å². The van der Waals surface area contributed by atoms with Crippen molar-refractivity contribution in [2.24, 2.45) is 0 Å². The maximum atomic E-state index is 11.9. The molecule has 0 unspecified atom stereocenters. The van der Waals surface area contributed by atoms with Gasteiger partial charge in [0.25, 0.3) is 0 Å². The Morgan fingerprint density at radius 1 is 1.45 bits per heavy atom. The number of ether oxygens (including phenoxy) is 1. The van der Waals surface area contributed by atoms with Gasteiger partial charge in [-0.2, -0.15) is 4.98 Å². The van der Waals surface area contributed by atoms with E-state index >= 15 is 0 Å². The Labute approximate surface area is 128 Å². The van der Waals surface area contributed by atoms with Crippen LogP contribution in [0.3, 0.4) is 0 Å². The molecule has 0 spiro atoms. The fourth-order valence-corrected chi connectivity index (χ4v) is 1.86. The van der Waals surface area contributed by atoms with Crippen molar-refractivity contribution in [3.8, 4) is 5.75 Å². The number of hydrogen-bond acceptors (Lipinski definition) is 6.